The lowest BCUT2D eigenvalue weighted by Gasteiger charge is -2.16. The molecule has 0 radical (unpaired) electrons. The monoisotopic (exact) mass is 259 g/mol. The maximum atomic E-state index is 6.25. The van der Waals surface area contributed by atoms with E-state index in [0.29, 0.717) is 18.1 Å². The van der Waals surface area contributed by atoms with Crippen molar-refractivity contribution in [1.29, 1.82) is 0 Å². The minimum absolute atomic E-state index is 0.328. The van der Waals surface area contributed by atoms with Crippen LogP contribution < -0.4 is 15.2 Å². The molecule has 0 fully saturated rings. The SMILES string of the molecule is CCOc1cncc(C(N)c2ccncc2OC)c1. The fourth-order valence-corrected chi connectivity index (χ4v) is 1.85. The molecule has 0 bridgehead atoms. The molecule has 0 spiro atoms. The molecule has 19 heavy (non-hydrogen) atoms. The van der Waals surface area contributed by atoms with Crippen LogP contribution in [0.3, 0.4) is 0 Å². The molecule has 2 N–H and O–H groups in total. The van der Waals surface area contributed by atoms with Crippen molar-refractivity contribution in [2.24, 2.45) is 5.73 Å². The van der Waals surface area contributed by atoms with Crippen molar-refractivity contribution in [1.82, 2.24) is 9.97 Å². The Morgan fingerprint density at radius 3 is 2.84 bits per heavy atom. The second-order valence-corrected chi connectivity index (χ2v) is 3.98. The smallest absolute Gasteiger partial charge is 0.142 e. The Balaban J connectivity index is 2.32. The van der Waals surface area contributed by atoms with E-state index >= 15 is 0 Å². The molecule has 1 unspecified atom stereocenters. The minimum atomic E-state index is -0.328. The Hall–Kier alpha value is -2.14. The molecule has 2 aromatic heterocycles. The number of hydrogen-bond acceptors (Lipinski definition) is 5. The number of hydrogen-bond donors (Lipinski definition) is 1. The lowest BCUT2D eigenvalue weighted by molar-refractivity contribution is 0.338. The van der Waals surface area contributed by atoms with Crippen molar-refractivity contribution in [3.05, 3.63) is 48.0 Å². The Morgan fingerprint density at radius 1 is 1.26 bits per heavy atom. The summed E-state index contributed by atoms with van der Waals surface area (Å²) in [5.74, 6) is 1.38. The van der Waals surface area contributed by atoms with Crippen LogP contribution in [0.1, 0.15) is 24.1 Å². The number of aromatic nitrogens is 2. The van der Waals surface area contributed by atoms with Crippen molar-refractivity contribution in [2.45, 2.75) is 13.0 Å². The van der Waals surface area contributed by atoms with E-state index in [9.17, 15) is 0 Å². The maximum Gasteiger partial charge on any atom is 0.142 e. The zero-order chi connectivity index (χ0) is 13.7. The van der Waals surface area contributed by atoms with Crippen LogP contribution in [-0.2, 0) is 0 Å². The summed E-state index contributed by atoms with van der Waals surface area (Å²) in [6, 6.07) is 3.41. The molecule has 0 aliphatic rings. The Morgan fingerprint density at radius 2 is 2.11 bits per heavy atom. The van der Waals surface area contributed by atoms with Gasteiger partial charge in [-0.25, -0.2) is 0 Å². The van der Waals surface area contributed by atoms with Gasteiger partial charge < -0.3 is 15.2 Å². The molecule has 100 valence electrons. The summed E-state index contributed by atoms with van der Waals surface area (Å²) < 4.78 is 10.7. The zero-order valence-electron chi connectivity index (χ0n) is 11.0. The van der Waals surface area contributed by atoms with Crippen LogP contribution >= 0.6 is 0 Å². The first-order valence-corrected chi connectivity index (χ1v) is 6.07. The molecule has 0 saturated heterocycles. The minimum Gasteiger partial charge on any atom is -0.495 e. The molecule has 0 amide bonds. The highest BCUT2D eigenvalue weighted by molar-refractivity contribution is 5.40. The van der Waals surface area contributed by atoms with Crippen molar-refractivity contribution >= 4 is 0 Å². The molecular weight excluding hydrogens is 242 g/mol. The molecule has 5 nitrogen and oxygen atoms in total. The lowest BCUT2D eigenvalue weighted by Crippen LogP contribution is -2.13. The predicted molar refractivity (Wildman–Crippen MR) is 72.2 cm³/mol. The summed E-state index contributed by atoms with van der Waals surface area (Å²) >= 11 is 0. The summed E-state index contributed by atoms with van der Waals surface area (Å²) in [7, 11) is 1.60. The highest BCUT2D eigenvalue weighted by atomic mass is 16.5. The summed E-state index contributed by atoms with van der Waals surface area (Å²) in [4.78, 5) is 8.16. The molecular formula is C14H17N3O2. The number of ether oxygens (including phenoxy) is 2. The van der Waals surface area contributed by atoms with Crippen LogP contribution in [0.25, 0.3) is 0 Å². The molecule has 2 aromatic rings. The van der Waals surface area contributed by atoms with Crippen LogP contribution in [0, 0.1) is 0 Å². The lowest BCUT2D eigenvalue weighted by atomic mass is 10.0. The third-order valence-electron chi connectivity index (χ3n) is 2.78. The van der Waals surface area contributed by atoms with E-state index < -0.39 is 0 Å². The van der Waals surface area contributed by atoms with Gasteiger partial charge in [-0.05, 0) is 24.6 Å². The third kappa shape index (κ3) is 3.00. The molecule has 5 heteroatoms. The number of nitrogens with zero attached hydrogens (tertiary/aromatic N) is 2. The van der Waals surface area contributed by atoms with Crippen molar-refractivity contribution in [3.63, 3.8) is 0 Å². The average molecular weight is 259 g/mol. The number of nitrogens with two attached hydrogens (primary N) is 1. The summed E-state index contributed by atoms with van der Waals surface area (Å²) in [6.07, 6.45) is 6.74. The van der Waals surface area contributed by atoms with Gasteiger partial charge in [0.2, 0.25) is 0 Å². The standard InChI is InChI=1S/C14H17N3O2/c1-3-19-11-6-10(7-17-8-11)14(15)12-4-5-16-9-13(12)18-2/h4-9,14H,3,15H2,1-2H3. The Kier molecular flexibility index (Phi) is 4.30. The second-order valence-electron chi connectivity index (χ2n) is 3.98. The van der Waals surface area contributed by atoms with Gasteiger partial charge in [0.1, 0.15) is 11.5 Å². The predicted octanol–water partition coefficient (Wildman–Crippen LogP) is 1.93. The summed E-state index contributed by atoms with van der Waals surface area (Å²) in [5.41, 5.74) is 7.99. The molecule has 0 aliphatic heterocycles. The topological polar surface area (TPSA) is 70.3 Å². The molecule has 1 atom stereocenters. The highest BCUT2D eigenvalue weighted by Gasteiger charge is 2.15. The van der Waals surface area contributed by atoms with Gasteiger partial charge >= 0.3 is 0 Å². The first-order chi connectivity index (χ1) is 9.26. The molecule has 2 rings (SSSR count). The first kappa shape index (κ1) is 13.3. The van der Waals surface area contributed by atoms with E-state index in [1.165, 1.54) is 0 Å². The Bertz CT molecular complexity index is 546. The molecule has 0 aliphatic carbocycles. The molecule has 2 heterocycles. The molecule has 0 saturated carbocycles. The van der Waals surface area contributed by atoms with Gasteiger partial charge in [-0.15, -0.1) is 0 Å². The van der Waals surface area contributed by atoms with Crippen molar-refractivity contribution < 1.29 is 9.47 Å². The fourth-order valence-electron chi connectivity index (χ4n) is 1.85. The van der Waals surface area contributed by atoms with Crippen LogP contribution in [0.2, 0.25) is 0 Å². The van der Waals surface area contributed by atoms with Crippen LogP contribution in [-0.4, -0.2) is 23.7 Å². The van der Waals surface area contributed by atoms with Gasteiger partial charge in [0, 0.05) is 18.0 Å². The first-order valence-electron chi connectivity index (χ1n) is 6.07. The van der Waals surface area contributed by atoms with E-state index in [1.54, 1.807) is 31.9 Å². The van der Waals surface area contributed by atoms with Crippen LogP contribution in [0.5, 0.6) is 11.5 Å². The van der Waals surface area contributed by atoms with Gasteiger partial charge in [0.15, 0.2) is 0 Å². The van der Waals surface area contributed by atoms with E-state index in [2.05, 4.69) is 9.97 Å². The number of rotatable bonds is 5. The van der Waals surface area contributed by atoms with E-state index in [1.807, 2.05) is 19.1 Å². The normalized spacial score (nSPS) is 11.9. The van der Waals surface area contributed by atoms with E-state index in [4.69, 9.17) is 15.2 Å². The van der Waals surface area contributed by atoms with Crippen molar-refractivity contribution in [2.75, 3.05) is 13.7 Å². The van der Waals surface area contributed by atoms with E-state index in [0.717, 1.165) is 11.1 Å². The number of pyridine rings is 2. The summed E-state index contributed by atoms with van der Waals surface area (Å²) in [5, 5.41) is 0. The summed E-state index contributed by atoms with van der Waals surface area (Å²) in [6.45, 7) is 2.53. The molecule has 0 aromatic carbocycles. The van der Waals surface area contributed by atoms with Gasteiger partial charge in [0.25, 0.3) is 0 Å². The zero-order valence-corrected chi connectivity index (χ0v) is 11.0. The van der Waals surface area contributed by atoms with Gasteiger partial charge in [0.05, 0.1) is 32.2 Å². The van der Waals surface area contributed by atoms with E-state index in [-0.39, 0.29) is 6.04 Å². The van der Waals surface area contributed by atoms with Crippen LogP contribution in [0.4, 0.5) is 0 Å². The maximum absolute atomic E-state index is 6.25. The van der Waals surface area contributed by atoms with Crippen LogP contribution in [0.15, 0.2) is 36.9 Å². The number of methoxy groups -OCH3 is 1. The third-order valence-corrected chi connectivity index (χ3v) is 2.78. The Labute approximate surface area is 112 Å². The van der Waals surface area contributed by atoms with Crippen molar-refractivity contribution in [3.8, 4) is 11.5 Å². The highest BCUT2D eigenvalue weighted by Crippen LogP contribution is 2.28. The quantitative estimate of drug-likeness (QED) is 0.888. The largest absolute Gasteiger partial charge is 0.495 e. The van der Waals surface area contributed by atoms with Gasteiger partial charge in [-0.3, -0.25) is 9.97 Å². The average Bonchev–Trinajstić information content (AvgIpc) is 2.47. The van der Waals surface area contributed by atoms with Gasteiger partial charge in [-0.1, -0.05) is 0 Å². The second kappa shape index (κ2) is 6.15. The fraction of sp³-hybridized carbons (Fsp3) is 0.286. The van der Waals surface area contributed by atoms with Gasteiger partial charge in [-0.2, -0.15) is 0 Å².